The van der Waals surface area contributed by atoms with E-state index < -0.39 is 0 Å². The first-order chi connectivity index (χ1) is 8.33. The Hall–Kier alpha value is -1.42. The van der Waals surface area contributed by atoms with Gasteiger partial charge in [-0.1, -0.05) is 15.9 Å². The van der Waals surface area contributed by atoms with Crippen LogP contribution >= 0.6 is 15.9 Å². The van der Waals surface area contributed by atoms with Gasteiger partial charge in [0.1, 0.15) is 18.1 Å². The Bertz CT molecular complexity index is 510. The van der Waals surface area contributed by atoms with Crippen LogP contribution in [0.15, 0.2) is 45.5 Å². The van der Waals surface area contributed by atoms with Crippen LogP contribution in [0.2, 0.25) is 0 Å². The van der Waals surface area contributed by atoms with Gasteiger partial charge in [-0.2, -0.15) is 0 Å². The second-order valence-corrected chi connectivity index (χ2v) is 4.88. The van der Waals surface area contributed by atoms with Crippen LogP contribution in [0.4, 0.5) is 5.69 Å². The molecule has 0 unspecified atom stereocenters. The van der Waals surface area contributed by atoms with E-state index in [9.17, 15) is 0 Å². The highest BCUT2D eigenvalue weighted by atomic mass is 79.9. The summed E-state index contributed by atoms with van der Waals surface area (Å²) in [7, 11) is 0. The van der Waals surface area contributed by atoms with Gasteiger partial charge < -0.3 is 14.1 Å². The van der Waals surface area contributed by atoms with E-state index in [-0.39, 0.29) is 0 Å². The van der Waals surface area contributed by atoms with Gasteiger partial charge in [0, 0.05) is 4.47 Å². The summed E-state index contributed by atoms with van der Waals surface area (Å²) in [5.74, 6) is 1.91. The van der Waals surface area contributed by atoms with Gasteiger partial charge in [-0.15, -0.1) is 0 Å². The normalized spacial score (nSPS) is 14.3. The van der Waals surface area contributed by atoms with E-state index in [4.69, 9.17) is 9.15 Å². The van der Waals surface area contributed by atoms with Crippen molar-refractivity contribution in [2.45, 2.75) is 6.54 Å². The lowest BCUT2D eigenvalue weighted by atomic mass is 10.2. The summed E-state index contributed by atoms with van der Waals surface area (Å²) in [4.78, 5) is 2.27. The average Bonchev–Trinajstić information content (AvgIpc) is 2.83. The summed E-state index contributed by atoms with van der Waals surface area (Å²) in [6.07, 6.45) is 1.71. The van der Waals surface area contributed by atoms with Crippen molar-refractivity contribution in [1.82, 2.24) is 0 Å². The summed E-state index contributed by atoms with van der Waals surface area (Å²) in [6, 6.07) is 9.98. The van der Waals surface area contributed by atoms with Gasteiger partial charge in [-0.05, 0) is 30.3 Å². The summed E-state index contributed by atoms with van der Waals surface area (Å²) in [5.41, 5.74) is 1.11. The van der Waals surface area contributed by atoms with Crippen LogP contribution in [-0.4, -0.2) is 13.2 Å². The van der Waals surface area contributed by atoms with Gasteiger partial charge in [-0.3, -0.25) is 0 Å². The molecule has 17 heavy (non-hydrogen) atoms. The first-order valence-corrected chi connectivity index (χ1v) is 6.32. The van der Waals surface area contributed by atoms with Crippen LogP contribution in [0.1, 0.15) is 5.76 Å². The van der Waals surface area contributed by atoms with Crippen molar-refractivity contribution in [3.63, 3.8) is 0 Å². The zero-order valence-corrected chi connectivity index (χ0v) is 10.8. The molecule has 1 aliphatic heterocycles. The van der Waals surface area contributed by atoms with Crippen LogP contribution in [0, 0.1) is 0 Å². The largest absolute Gasteiger partial charge is 0.490 e. The van der Waals surface area contributed by atoms with E-state index in [0.717, 1.165) is 41.4 Å². The highest BCUT2D eigenvalue weighted by Gasteiger charge is 2.19. The molecule has 88 valence electrons. The minimum atomic E-state index is 0.718. The Morgan fingerprint density at radius 2 is 2.24 bits per heavy atom. The Balaban J connectivity index is 1.90. The van der Waals surface area contributed by atoms with Gasteiger partial charge >= 0.3 is 0 Å². The number of rotatable bonds is 2. The van der Waals surface area contributed by atoms with Crippen molar-refractivity contribution in [2.75, 3.05) is 18.1 Å². The van der Waals surface area contributed by atoms with Crippen LogP contribution < -0.4 is 9.64 Å². The number of nitrogens with zero attached hydrogens (tertiary/aromatic N) is 1. The minimum absolute atomic E-state index is 0.718. The van der Waals surface area contributed by atoms with Crippen molar-refractivity contribution in [2.24, 2.45) is 0 Å². The summed E-state index contributed by atoms with van der Waals surface area (Å²) in [5, 5.41) is 0. The number of anilines is 1. The molecule has 2 heterocycles. The second kappa shape index (κ2) is 4.45. The lowest BCUT2D eigenvalue weighted by Crippen LogP contribution is -2.32. The zero-order chi connectivity index (χ0) is 11.7. The van der Waals surface area contributed by atoms with E-state index in [2.05, 4.69) is 26.9 Å². The lowest BCUT2D eigenvalue weighted by molar-refractivity contribution is 0.304. The van der Waals surface area contributed by atoms with Gasteiger partial charge in [0.15, 0.2) is 0 Å². The fourth-order valence-corrected chi connectivity index (χ4v) is 2.35. The van der Waals surface area contributed by atoms with E-state index >= 15 is 0 Å². The minimum Gasteiger partial charge on any atom is -0.490 e. The summed E-state index contributed by atoms with van der Waals surface area (Å²) in [6.45, 7) is 2.37. The zero-order valence-electron chi connectivity index (χ0n) is 9.23. The van der Waals surface area contributed by atoms with Crippen molar-refractivity contribution in [1.29, 1.82) is 0 Å². The van der Waals surface area contributed by atoms with E-state index in [1.54, 1.807) is 6.26 Å². The standard InChI is InChI=1S/C13H12BrNO2/c14-10-3-4-13-12(8-10)15(5-7-17-13)9-11-2-1-6-16-11/h1-4,6,8H,5,7,9H2. The molecule has 0 atom stereocenters. The maximum Gasteiger partial charge on any atom is 0.142 e. The Morgan fingerprint density at radius 3 is 3.06 bits per heavy atom. The fraction of sp³-hybridized carbons (Fsp3) is 0.231. The number of halogens is 1. The maximum absolute atomic E-state index is 5.63. The third kappa shape index (κ3) is 2.17. The highest BCUT2D eigenvalue weighted by molar-refractivity contribution is 9.10. The molecular formula is C13H12BrNO2. The summed E-state index contributed by atoms with van der Waals surface area (Å²) < 4.78 is 12.1. The molecule has 1 aliphatic rings. The molecule has 0 radical (unpaired) electrons. The van der Waals surface area contributed by atoms with Crippen LogP contribution in [-0.2, 0) is 6.54 Å². The molecule has 0 fully saturated rings. The number of ether oxygens (including phenoxy) is 1. The average molecular weight is 294 g/mol. The number of hydrogen-bond donors (Lipinski definition) is 0. The third-order valence-corrected chi connectivity index (χ3v) is 3.30. The molecule has 2 aromatic rings. The molecule has 0 saturated heterocycles. The Labute approximate surface area is 108 Å². The van der Waals surface area contributed by atoms with Gasteiger partial charge in [0.25, 0.3) is 0 Å². The van der Waals surface area contributed by atoms with Crippen molar-refractivity contribution in [3.8, 4) is 5.75 Å². The topological polar surface area (TPSA) is 25.6 Å². The number of benzene rings is 1. The molecule has 0 amide bonds. The van der Waals surface area contributed by atoms with E-state index in [1.165, 1.54) is 0 Å². The van der Waals surface area contributed by atoms with Crippen LogP contribution in [0.3, 0.4) is 0 Å². The molecule has 1 aromatic heterocycles. The van der Waals surface area contributed by atoms with Crippen molar-refractivity contribution >= 4 is 21.6 Å². The van der Waals surface area contributed by atoms with Crippen LogP contribution in [0.5, 0.6) is 5.75 Å². The van der Waals surface area contributed by atoms with E-state index in [1.807, 2.05) is 24.3 Å². The van der Waals surface area contributed by atoms with Crippen molar-refractivity contribution in [3.05, 3.63) is 46.8 Å². The molecular weight excluding hydrogens is 282 g/mol. The predicted octanol–water partition coefficient (Wildman–Crippen LogP) is 3.44. The first-order valence-electron chi connectivity index (χ1n) is 5.52. The first kappa shape index (κ1) is 10.7. The number of fused-ring (bicyclic) bond motifs is 1. The Kier molecular flexibility index (Phi) is 2.81. The number of hydrogen-bond acceptors (Lipinski definition) is 3. The second-order valence-electron chi connectivity index (χ2n) is 3.96. The molecule has 1 aromatic carbocycles. The molecule has 0 saturated carbocycles. The molecule has 0 N–H and O–H groups in total. The predicted molar refractivity (Wildman–Crippen MR) is 69.4 cm³/mol. The monoisotopic (exact) mass is 293 g/mol. The van der Waals surface area contributed by atoms with Gasteiger partial charge in [0.2, 0.25) is 0 Å². The summed E-state index contributed by atoms with van der Waals surface area (Å²) >= 11 is 3.49. The molecule has 3 nitrogen and oxygen atoms in total. The fourth-order valence-electron chi connectivity index (χ4n) is 2.00. The van der Waals surface area contributed by atoms with Crippen LogP contribution in [0.25, 0.3) is 0 Å². The number of furan rings is 1. The highest BCUT2D eigenvalue weighted by Crippen LogP contribution is 2.34. The molecule has 0 bridgehead atoms. The lowest BCUT2D eigenvalue weighted by Gasteiger charge is -2.30. The van der Waals surface area contributed by atoms with Gasteiger partial charge in [-0.25, -0.2) is 0 Å². The molecule has 4 heteroatoms. The van der Waals surface area contributed by atoms with E-state index in [0.29, 0.717) is 0 Å². The maximum atomic E-state index is 5.63. The quantitative estimate of drug-likeness (QED) is 0.848. The smallest absolute Gasteiger partial charge is 0.142 e. The molecule has 3 rings (SSSR count). The third-order valence-electron chi connectivity index (χ3n) is 2.81. The Morgan fingerprint density at radius 1 is 1.29 bits per heavy atom. The molecule has 0 aliphatic carbocycles. The van der Waals surface area contributed by atoms with Crippen molar-refractivity contribution < 1.29 is 9.15 Å². The molecule has 0 spiro atoms. The van der Waals surface area contributed by atoms with Gasteiger partial charge in [0.05, 0.1) is 25.0 Å². The SMILES string of the molecule is Brc1ccc2c(c1)N(Cc1ccco1)CCO2.